The van der Waals surface area contributed by atoms with E-state index in [9.17, 15) is 4.79 Å². The highest BCUT2D eigenvalue weighted by Gasteiger charge is 2.25. The van der Waals surface area contributed by atoms with Crippen molar-refractivity contribution in [1.29, 1.82) is 0 Å². The van der Waals surface area contributed by atoms with E-state index in [1.807, 2.05) is 22.9 Å². The van der Waals surface area contributed by atoms with Crippen LogP contribution in [0.3, 0.4) is 0 Å². The van der Waals surface area contributed by atoms with Crippen LogP contribution in [-0.2, 0) is 17.7 Å². The van der Waals surface area contributed by atoms with Crippen LogP contribution in [-0.4, -0.2) is 28.8 Å². The van der Waals surface area contributed by atoms with Crippen LogP contribution < -0.4 is 5.32 Å². The van der Waals surface area contributed by atoms with Gasteiger partial charge in [-0.05, 0) is 30.5 Å². The maximum atomic E-state index is 12.3. The maximum absolute atomic E-state index is 12.3. The molecule has 6 heteroatoms. The molecule has 26 heavy (non-hydrogen) atoms. The third-order valence-corrected chi connectivity index (χ3v) is 4.60. The van der Waals surface area contributed by atoms with Crippen molar-refractivity contribution in [3.05, 3.63) is 77.0 Å². The Morgan fingerprint density at radius 1 is 1.31 bits per heavy atom. The molecule has 1 aliphatic heterocycles. The molecule has 0 aliphatic carbocycles. The first-order chi connectivity index (χ1) is 12.7. The summed E-state index contributed by atoms with van der Waals surface area (Å²) >= 11 is 0. The predicted octanol–water partition coefficient (Wildman–Crippen LogP) is 2.88. The Labute approximate surface area is 151 Å². The molecule has 0 unspecified atom stereocenters. The van der Waals surface area contributed by atoms with Crippen molar-refractivity contribution in [3.63, 3.8) is 0 Å². The molecule has 0 radical (unpaired) electrons. The number of amides is 1. The Morgan fingerprint density at radius 3 is 2.92 bits per heavy atom. The van der Waals surface area contributed by atoms with Gasteiger partial charge in [0.1, 0.15) is 11.9 Å². The Bertz CT molecular complexity index is 898. The van der Waals surface area contributed by atoms with Crippen molar-refractivity contribution in [2.24, 2.45) is 0 Å². The Morgan fingerprint density at radius 2 is 2.15 bits per heavy atom. The molecule has 1 atom stereocenters. The number of carbonyl (C=O) groups is 1. The van der Waals surface area contributed by atoms with E-state index >= 15 is 0 Å². The van der Waals surface area contributed by atoms with Gasteiger partial charge in [0.15, 0.2) is 0 Å². The molecule has 6 nitrogen and oxygen atoms in total. The van der Waals surface area contributed by atoms with E-state index in [0.29, 0.717) is 24.5 Å². The summed E-state index contributed by atoms with van der Waals surface area (Å²) in [5, 5.41) is 7.63. The lowest BCUT2D eigenvalue weighted by Gasteiger charge is -2.22. The molecular formula is C20H21N3O3. The monoisotopic (exact) mass is 351 g/mol. The minimum absolute atomic E-state index is 0.157. The summed E-state index contributed by atoms with van der Waals surface area (Å²) in [6.45, 7) is 3.52. The molecule has 1 aliphatic rings. The van der Waals surface area contributed by atoms with Crippen molar-refractivity contribution < 1.29 is 13.9 Å². The van der Waals surface area contributed by atoms with Gasteiger partial charge < -0.3 is 14.5 Å². The molecule has 2 aromatic heterocycles. The second-order valence-corrected chi connectivity index (χ2v) is 6.43. The number of nitrogens with zero attached hydrogens (tertiary/aromatic N) is 2. The number of rotatable bonds is 5. The molecule has 0 spiro atoms. The van der Waals surface area contributed by atoms with Crippen molar-refractivity contribution in [3.8, 4) is 0 Å². The zero-order valence-corrected chi connectivity index (χ0v) is 14.6. The van der Waals surface area contributed by atoms with Gasteiger partial charge >= 0.3 is 0 Å². The minimum atomic E-state index is -0.230. The number of furan rings is 1. The topological polar surface area (TPSA) is 69.3 Å². The number of carbonyl (C=O) groups excluding carboxylic acids is 1. The van der Waals surface area contributed by atoms with Gasteiger partial charge in [0, 0.05) is 12.7 Å². The molecule has 0 fully saturated rings. The molecule has 0 saturated heterocycles. The van der Waals surface area contributed by atoms with E-state index in [4.69, 9.17) is 14.3 Å². The van der Waals surface area contributed by atoms with Gasteiger partial charge in [-0.1, -0.05) is 30.3 Å². The Balaban J connectivity index is 1.45. The molecule has 4 rings (SSSR count). The number of hydrogen-bond acceptors (Lipinski definition) is 4. The van der Waals surface area contributed by atoms with E-state index in [0.717, 1.165) is 18.7 Å². The summed E-state index contributed by atoms with van der Waals surface area (Å²) in [5.74, 6) is 0.454. The second-order valence-electron chi connectivity index (χ2n) is 6.43. The quantitative estimate of drug-likeness (QED) is 0.767. The summed E-state index contributed by atoms with van der Waals surface area (Å²) in [6, 6.07) is 11.9. The number of benzene rings is 1. The van der Waals surface area contributed by atoms with Crippen molar-refractivity contribution >= 4 is 5.91 Å². The van der Waals surface area contributed by atoms with Gasteiger partial charge in [-0.25, -0.2) is 0 Å². The van der Waals surface area contributed by atoms with Crippen LogP contribution in [0.4, 0.5) is 0 Å². The molecule has 1 N–H and O–H groups in total. The summed E-state index contributed by atoms with van der Waals surface area (Å²) in [4.78, 5) is 12.3. The highest BCUT2D eigenvalue weighted by Crippen LogP contribution is 2.25. The highest BCUT2D eigenvalue weighted by atomic mass is 16.5. The van der Waals surface area contributed by atoms with E-state index in [-0.39, 0.29) is 12.0 Å². The van der Waals surface area contributed by atoms with Crippen LogP contribution in [0.2, 0.25) is 0 Å². The van der Waals surface area contributed by atoms with Crippen LogP contribution in [0.25, 0.3) is 0 Å². The standard InChI is InChI=1S/C20H21N3O3/c1-14-17(8-10-25-14)20(24)21-11-18-19-16(7-9-26-18)13-23(22-19)12-15-5-3-2-4-6-15/h2-6,8,10,13,18H,7,9,11-12H2,1H3,(H,21,24)/t18-/m1/s1. The van der Waals surface area contributed by atoms with Gasteiger partial charge in [0.2, 0.25) is 0 Å². The van der Waals surface area contributed by atoms with Gasteiger partial charge in [0.05, 0.1) is 30.7 Å². The fourth-order valence-electron chi connectivity index (χ4n) is 3.24. The van der Waals surface area contributed by atoms with Crippen LogP contribution >= 0.6 is 0 Å². The van der Waals surface area contributed by atoms with E-state index in [1.165, 1.54) is 17.4 Å². The first kappa shape index (κ1) is 16.6. The van der Waals surface area contributed by atoms with Crippen molar-refractivity contribution in [2.75, 3.05) is 13.2 Å². The van der Waals surface area contributed by atoms with Crippen LogP contribution in [0.1, 0.15) is 39.0 Å². The van der Waals surface area contributed by atoms with Gasteiger partial charge in [0.25, 0.3) is 5.91 Å². The SMILES string of the molecule is Cc1occc1C(=O)NC[C@H]1OCCc2cn(Cc3ccccc3)nc21. The summed E-state index contributed by atoms with van der Waals surface area (Å²) in [6.07, 6.45) is 4.21. The normalized spacial score (nSPS) is 16.3. The summed E-state index contributed by atoms with van der Waals surface area (Å²) < 4.78 is 13.0. The number of fused-ring (bicyclic) bond motifs is 1. The van der Waals surface area contributed by atoms with E-state index in [2.05, 4.69) is 23.6 Å². The molecule has 1 amide bonds. The first-order valence-electron chi connectivity index (χ1n) is 8.75. The number of aromatic nitrogens is 2. The molecule has 1 aromatic carbocycles. The number of aryl methyl sites for hydroxylation is 1. The third kappa shape index (κ3) is 3.41. The maximum Gasteiger partial charge on any atom is 0.254 e. The molecule has 0 bridgehead atoms. The van der Waals surface area contributed by atoms with Gasteiger partial charge in [-0.2, -0.15) is 5.10 Å². The largest absolute Gasteiger partial charge is 0.469 e. The first-order valence-corrected chi connectivity index (χ1v) is 8.75. The number of ether oxygens (including phenoxy) is 1. The van der Waals surface area contributed by atoms with Gasteiger partial charge in [-0.3, -0.25) is 9.48 Å². The average molecular weight is 351 g/mol. The summed E-state index contributed by atoms with van der Waals surface area (Å²) in [5.41, 5.74) is 3.85. The van der Waals surface area contributed by atoms with Gasteiger partial charge in [-0.15, -0.1) is 0 Å². The number of nitrogens with one attached hydrogen (secondary N) is 1. The van der Waals surface area contributed by atoms with Crippen molar-refractivity contribution in [2.45, 2.75) is 26.0 Å². The summed E-state index contributed by atoms with van der Waals surface area (Å²) in [7, 11) is 0. The van der Waals surface area contributed by atoms with Crippen molar-refractivity contribution in [1.82, 2.24) is 15.1 Å². The smallest absolute Gasteiger partial charge is 0.254 e. The average Bonchev–Trinajstić information content (AvgIpc) is 3.26. The predicted molar refractivity (Wildman–Crippen MR) is 95.9 cm³/mol. The molecule has 134 valence electrons. The van der Waals surface area contributed by atoms with E-state index < -0.39 is 0 Å². The fraction of sp³-hybridized carbons (Fsp3) is 0.300. The van der Waals surface area contributed by atoms with Crippen LogP contribution in [0, 0.1) is 6.92 Å². The molecule has 3 heterocycles. The molecule has 3 aromatic rings. The zero-order chi connectivity index (χ0) is 17.9. The lowest BCUT2D eigenvalue weighted by atomic mass is 10.1. The van der Waals surface area contributed by atoms with Crippen LogP contribution in [0.15, 0.2) is 53.3 Å². The zero-order valence-electron chi connectivity index (χ0n) is 14.6. The van der Waals surface area contributed by atoms with Crippen LogP contribution in [0.5, 0.6) is 0 Å². The molecular weight excluding hydrogens is 330 g/mol. The Kier molecular flexibility index (Phi) is 4.58. The lowest BCUT2D eigenvalue weighted by molar-refractivity contribution is 0.0383. The Hall–Kier alpha value is -2.86. The lowest BCUT2D eigenvalue weighted by Crippen LogP contribution is -2.32. The van der Waals surface area contributed by atoms with E-state index in [1.54, 1.807) is 13.0 Å². The third-order valence-electron chi connectivity index (χ3n) is 4.60. The second kappa shape index (κ2) is 7.17. The minimum Gasteiger partial charge on any atom is -0.469 e. The highest BCUT2D eigenvalue weighted by molar-refractivity contribution is 5.95. The molecule has 0 saturated carbocycles. The fourth-order valence-corrected chi connectivity index (χ4v) is 3.24. The number of hydrogen-bond donors (Lipinski definition) is 1.